The van der Waals surface area contributed by atoms with Crippen LogP contribution in [-0.4, -0.2) is 23.0 Å². The van der Waals surface area contributed by atoms with Crippen LogP contribution in [-0.2, 0) is 6.54 Å². The van der Waals surface area contributed by atoms with Gasteiger partial charge in [-0.3, -0.25) is 4.79 Å². The smallest absolute Gasteiger partial charge is 0.251 e. The second-order valence-corrected chi connectivity index (χ2v) is 7.42. The molecule has 1 amide bonds. The van der Waals surface area contributed by atoms with Gasteiger partial charge in [0.2, 0.25) is 0 Å². The zero-order valence-electron chi connectivity index (χ0n) is 15.8. The molecule has 1 fully saturated rings. The number of rotatable bonds is 6. The summed E-state index contributed by atoms with van der Waals surface area (Å²) in [5.74, 6) is 0.865. The van der Waals surface area contributed by atoms with E-state index in [2.05, 4.69) is 53.3 Å². The Labute approximate surface area is 156 Å². The molecule has 1 heterocycles. The number of hydrogen-bond donors (Lipinski definition) is 1. The van der Waals surface area contributed by atoms with E-state index in [4.69, 9.17) is 0 Å². The summed E-state index contributed by atoms with van der Waals surface area (Å²) in [6.07, 6.45) is 7.64. The van der Waals surface area contributed by atoms with Crippen molar-refractivity contribution in [2.75, 3.05) is 4.90 Å². The molecule has 1 aliphatic rings. The molecule has 0 spiro atoms. The standard InChI is InChI=1S/C22H29N3O/c1-17(2)25(16-18-9-5-3-6-10-18)21-15-19(13-14-23-21)22(26)24-20-11-7-4-8-12-20/h3,5-6,9-10,13-15,17,20H,4,7-8,11-12,16H2,1-2H3,(H,24,26). The monoisotopic (exact) mass is 351 g/mol. The van der Waals surface area contributed by atoms with Gasteiger partial charge in [-0.25, -0.2) is 4.98 Å². The topological polar surface area (TPSA) is 45.2 Å². The molecule has 0 bridgehead atoms. The molecule has 0 aliphatic heterocycles. The Hall–Kier alpha value is -2.36. The van der Waals surface area contributed by atoms with Crippen molar-refractivity contribution in [3.8, 4) is 0 Å². The lowest BCUT2D eigenvalue weighted by Gasteiger charge is -2.28. The Morgan fingerprint density at radius 1 is 1.15 bits per heavy atom. The van der Waals surface area contributed by atoms with Gasteiger partial charge >= 0.3 is 0 Å². The maximum atomic E-state index is 12.7. The molecule has 26 heavy (non-hydrogen) atoms. The molecule has 1 N–H and O–H groups in total. The first-order chi connectivity index (χ1) is 12.6. The highest BCUT2D eigenvalue weighted by Crippen LogP contribution is 2.21. The van der Waals surface area contributed by atoms with Crippen molar-refractivity contribution in [2.24, 2.45) is 0 Å². The molecule has 1 aliphatic carbocycles. The summed E-state index contributed by atoms with van der Waals surface area (Å²) in [5, 5.41) is 3.19. The van der Waals surface area contributed by atoms with Gasteiger partial charge in [0.15, 0.2) is 0 Å². The Morgan fingerprint density at radius 2 is 1.88 bits per heavy atom. The van der Waals surface area contributed by atoms with Gasteiger partial charge in [-0.05, 0) is 44.4 Å². The molecule has 1 aromatic carbocycles. The van der Waals surface area contributed by atoms with Crippen LogP contribution in [0.5, 0.6) is 0 Å². The SMILES string of the molecule is CC(C)N(Cc1ccccc1)c1cc(C(=O)NC2CCCCC2)ccn1. The molecular formula is C22H29N3O. The van der Waals surface area contributed by atoms with Gasteiger partial charge < -0.3 is 10.2 Å². The van der Waals surface area contributed by atoms with E-state index in [1.807, 2.05) is 18.2 Å². The number of carbonyl (C=O) groups excluding carboxylic acids is 1. The summed E-state index contributed by atoms with van der Waals surface area (Å²) in [6.45, 7) is 5.08. The molecule has 2 aromatic rings. The van der Waals surface area contributed by atoms with Gasteiger partial charge in [0.05, 0.1) is 0 Å². The summed E-state index contributed by atoms with van der Waals surface area (Å²) < 4.78 is 0. The van der Waals surface area contributed by atoms with E-state index < -0.39 is 0 Å². The highest BCUT2D eigenvalue weighted by molar-refractivity contribution is 5.95. The van der Waals surface area contributed by atoms with Gasteiger partial charge in [0.1, 0.15) is 5.82 Å². The highest BCUT2D eigenvalue weighted by atomic mass is 16.1. The van der Waals surface area contributed by atoms with Gasteiger partial charge in [-0.1, -0.05) is 49.6 Å². The van der Waals surface area contributed by atoms with E-state index in [0.29, 0.717) is 17.6 Å². The summed E-state index contributed by atoms with van der Waals surface area (Å²) in [5.41, 5.74) is 1.93. The first kappa shape index (κ1) is 18.4. The predicted octanol–water partition coefficient (Wildman–Crippen LogP) is 4.56. The van der Waals surface area contributed by atoms with Gasteiger partial charge in [-0.2, -0.15) is 0 Å². The zero-order chi connectivity index (χ0) is 18.4. The number of pyridine rings is 1. The Morgan fingerprint density at radius 3 is 2.58 bits per heavy atom. The van der Waals surface area contributed by atoms with Crippen molar-refractivity contribution in [2.45, 2.75) is 64.6 Å². The Bertz CT molecular complexity index is 708. The summed E-state index contributed by atoms with van der Waals surface area (Å²) >= 11 is 0. The first-order valence-corrected chi connectivity index (χ1v) is 9.71. The van der Waals surface area contributed by atoms with E-state index in [0.717, 1.165) is 25.2 Å². The van der Waals surface area contributed by atoms with Crippen LogP contribution in [0, 0.1) is 0 Å². The minimum Gasteiger partial charge on any atom is -0.350 e. The molecule has 138 valence electrons. The van der Waals surface area contributed by atoms with Crippen molar-refractivity contribution in [1.82, 2.24) is 10.3 Å². The van der Waals surface area contributed by atoms with E-state index in [-0.39, 0.29) is 5.91 Å². The number of anilines is 1. The molecule has 0 radical (unpaired) electrons. The van der Waals surface area contributed by atoms with Gasteiger partial charge in [0, 0.05) is 30.4 Å². The average molecular weight is 351 g/mol. The van der Waals surface area contributed by atoms with E-state index in [9.17, 15) is 4.79 Å². The second kappa shape index (κ2) is 8.84. The molecule has 1 aromatic heterocycles. The second-order valence-electron chi connectivity index (χ2n) is 7.42. The number of nitrogens with zero attached hydrogens (tertiary/aromatic N) is 2. The number of hydrogen-bond acceptors (Lipinski definition) is 3. The Kier molecular flexibility index (Phi) is 6.26. The lowest BCUT2D eigenvalue weighted by molar-refractivity contribution is 0.0927. The van der Waals surface area contributed by atoms with E-state index >= 15 is 0 Å². The summed E-state index contributed by atoms with van der Waals surface area (Å²) in [7, 11) is 0. The maximum Gasteiger partial charge on any atom is 0.251 e. The van der Waals surface area contributed by atoms with Crippen LogP contribution < -0.4 is 10.2 Å². The van der Waals surface area contributed by atoms with E-state index in [1.165, 1.54) is 24.8 Å². The quantitative estimate of drug-likeness (QED) is 0.830. The van der Waals surface area contributed by atoms with Crippen LogP contribution >= 0.6 is 0 Å². The minimum absolute atomic E-state index is 0.0176. The van der Waals surface area contributed by atoms with Crippen molar-refractivity contribution < 1.29 is 4.79 Å². The van der Waals surface area contributed by atoms with Crippen LogP contribution in [0.25, 0.3) is 0 Å². The highest BCUT2D eigenvalue weighted by Gasteiger charge is 2.18. The van der Waals surface area contributed by atoms with Crippen LogP contribution in [0.2, 0.25) is 0 Å². The number of benzene rings is 1. The predicted molar refractivity (Wildman–Crippen MR) is 106 cm³/mol. The maximum absolute atomic E-state index is 12.7. The summed E-state index contributed by atoms with van der Waals surface area (Å²) in [4.78, 5) is 19.4. The molecular weight excluding hydrogens is 322 g/mol. The number of carbonyl (C=O) groups is 1. The van der Waals surface area contributed by atoms with Crippen molar-refractivity contribution in [3.05, 3.63) is 59.8 Å². The van der Waals surface area contributed by atoms with Crippen LogP contribution in [0.1, 0.15) is 61.9 Å². The number of amides is 1. The van der Waals surface area contributed by atoms with Crippen LogP contribution in [0.15, 0.2) is 48.7 Å². The lowest BCUT2D eigenvalue weighted by atomic mass is 9.95. The zero-order valence-corrected chi connectivity index (χ0v) is 15.8. The van der Waals surface area contributed by atoms with E-state index in [1.54, 1.807) is 6.20 Å². The number of aromatic nitrogens is 1. The van der Waals surface area contributed by atoms with Crippen molar-refractivity contribution in [1.29, 1.82) is 0 Å². The third-order valence-electron chi connectivity index (χ3n) is 5.06. The average Bonchev–Trinajstić information content (AvgIpc) is 2.67. The molecule has 0 saturated heterocycles. The Balaban J connectivity index is 1.74. The van der Waals surface area contributed by atoms with Crippen LogP contribution in [0.4, 0.5) is 5.82 Å². The van der Waals surface area contributed by atoms with Crippen molar-refractivity contribution in [3.63, 3.8) is 0 Å². The number of nitrogens with one attached hydrogen (secondary N) is 1. The molecule has 1 saturated carbocycles. The van der Waals surface area contributed by atoms with Crippen molar-refractivity contribution >= 4 is 11.7 Å². The minimum atomic E-state index is 0.0176. The fourth-order valence-corrected chi connectivity index (χ4v) is 3.54. The third kappa shape index (κ3) is 4.84. The van der Waals surface area contributed by atoms with Gasteiger partial charge in [0.25, 0.3) is 5.91 Å². The lowest BCUT2D eigenvalue weighted by Crippen LogP contribution is -2.36. The fraction of sp³-hybridized carbons (Fsp3) is 0.455. The fourth-order valence-electron chi connectivity index (χ4n) is 3.54. The summed E-state index contributed by atoms with van der Waals surface area (Å²) in [6, 6.07) is 14.7. The largest absolute Gasteiger partial charge is 0.350 e. The van der Waals surface area contributed by atoms with Gasteiger partial charge in [-0.15, -0.1) is 0 Å². The molecule has 0 atom stereocenters. The molecule has 4 nitrogen and oxygen atoms in total. The molecule has 0 unspecified atom stereocenters. The third-order valence-corrected chi connectivity index (χ3v) is 5.06. The first-order valence-electron chi connectivity index (χ1n) is 9.71. The molecule has 4 heteroatoms. The molecule has 3 rings (SSSR count). The normalized spacial score (nSPS) is 15.0. The van der Waals surface area contributed by atoms with Crippen LogP contribution in [0.3, 0.4) is 0 Å².